The van der Waals surface area contributed by atoms with Gasteiger partial charge in [-0.15, -0.1) is 0 Å². The summed E-state index contributed by atoms with van der Waals surface area (Å²) in [5.41, 5.74) is 3.33. The summed E-state index contributed by atoms with van der Waals surface area (Å²) in [5, 5.41) is 12.3. The maximum absolute atomic E-state index is 12.4. The van der Waals surface area contributed by atoms with Crippen LogP contribution in [0.1, 0.15) is 18.1 Å². The molecule has 0 saturated heterocycles. The van der Waals surface area contributed by atoms with Crippen molar-refractivity contribution in [2.45, 2.75) is 25.8 Å². The molecule has 3 rings (SSSR count). The highest BCUT2D eigenvalue weighted by molar-refractivity contribution is 5.94. The van der Waals surface area contributed by atoms with Gasteiger partial charge in [-0.05, 0) is 49.1 Å². The van der Waals surface area contributed by atoms with Gasteiger partial charge in [0.05, 0.1) is 0 Å². The minimum Gasteiger partial charge on any atom is -0.508 e. The lowest BCUT2D eigenvalue weighted by Crippen LogP contribution is -2.44. The van der Waals surface area contributed by atoms with E-state index in [2.05, 4.69) is 11.4 Å². The number of carbonyl (C=O) groups is 1. The summed E-state index contributed by atoms with van der Waals surface area (Å²) < 4.78 is 0. The predicted molar refractivity (Wildman–Crippen MR) is 87.3 cm³/mol. The maximum Gasteiger partial charge on any atom is 0.322 e. The van der Waals surface area contributed by atoms with Crippen LogP contribution in [-0.2, 0) is 12.8 Å². The lowest BCUT2D eigenvalue weighted by molar-refractivity contribution is 0.243. The van der Waals surface area contributed by atoms with Gasteiger partial charge in [0.2, 0.25) is 0 Å². The number of hydrogen-bond acceptors (Lipinski definition) is 2. The van der Waals surface area contributed by atoms with E-state index < -0.39 is 0 Å². The molecule has 0 bridgehead atoms. The molecule has 0 unspecified atom stereocenters. The van der Waals surface area contributed by atoms with Crippen molar-refractivity contribution in [1.29, 1.82) is 0 Å². The van der Waals surface area contributed by atoms with Gasteiger partial charge in [0.25, 0.3) is 0 Å². The number of phenols is 1. The van der Waals surface area contributed by atoms with E-state index in [1.165, 1.54) is 5.56 Å². The zero-order valence-electron chi connectivity index (χ0n) is 12.6. The Morgan fingerprint density at radius 3 is 2.73 bits per heavy atom. The molecular formula is C18H20N2O2. The second-order valence-corrected chi connectivity index (χ2v) is 5.75. The van der Waals surface area contributed by atoms with Crippen LogP contribution >= 0.6 is 0 Å². The molecule has 22 heavy (non-hydrogen) atoms. The highest BCUT2D eigenvalue weighted by atomic mass is 16.3. The maximum atomic E-state index is 12.4. The summed E-state index contributed by atoms with van der Waals surface area (Å²) in [5.74, 6) is 0.258. The van der Waals surface area contributed by atoms with Crippen LogP contribution in [0.4, 0.5) is 10.5 Å². The summed E-state index contributed by atoms with van der Waals surface area (Å²) in [7, 11) is 0. The standard InChI is InChI=1S/C18H20N2O2/c1-13(12-14-6-8-16(21)9-7-14)19-18(22)20-11-10-15-4-2-3-5-17(15)20/h2-9,13,21H,10-12H2,1H3,(H,19,22)/t13-/m0/s1. The molecular weight excluding hydrogens is 276 g/mol. The van der Waals surface area contributed by atoms with Crippen LogP contribution in [0.25, 0.3) is 0 Å². The van der Waals surface area contributed by atoms with E-state index in [1.54, 1.807) is 12.1 Å². The number of benzene rings is 2. The Hall–Kier alpha value is -2.49. The SMILES string of the molecule is C[C@@H](Cc1ccc(O)cc1)NC(=O)N1CCc2ccccc21. The Morgan fingerprint density at radius 1 is 1.23 bits per heavy atom. The van der Waals surface area contributed by atoms with E-state index in [0.29, 0.717) is 0 Å². The fourth-order valence-electron chi connectivity index (χ4n) is 2.87. The van der Waals surface area contributed by atoms with E-state index in [1.807, 2.05) is 42.2 Å². The van der Waals surface area contributed by atoms with Gasteiger partial charge in [0, 0.05) is 18.3 Å². The van der Waals surface area contributed by atoms with Gasteiger partial charge in [-0.3, -0.25) is 4.90 Å². The third-order valence-corrected chi connectivity index (χ3v) is 3.98. The molecule has 2 aromatic rings. The van der Waals surface area contributed by atoms with Crippen LogP contribution in [0.15, 0.2) is 48.5 Å². The molecule has 2 N–H and O–H groups in total. The van der Waals surface area contributed by atoms with Crippen molar-refractivity contribution in [2.24, 2.45) is 0 Å². The van der Waals surface area contributed by atoms with Gasteiger partial charge < -0.3 is 10.4 Å². The number of phenolic OH excluding ortho intramolecular Hbond substituents is 1. The normalized spacial score (nSPS) is 14.5. The first-order chi connectivity index (χ1) is 10.6. The van der Waals surface area contributed by atoms with Crippen molar-refractivity contribution in [3.63, 3.8) is 0 Å². The number of hydrogen-bond donors (Lipinski definition) is 2. The number of urea groups is 1. The molecule has 0 saturated carbocycles. The number of carbonyl (C=O) groups excluding carboxylic acids is 1. The molecule has 1 aliphatic rings. The summed E-state index contributed by atoms with van der Waals surface area (Å²) >= 11 is 0. The zero-order chi connectivity index (χ0) is 15.5. The smallest absolute Gasteiger partial charge is 0.322 e. The average molecular weight is 296 g/mol. The number of amides is 2. The van der Waals surface area contributed by atoms with Crippen molar-refractivity contribution < 1.29 is 9.90 Å². The summed E-state index contributed by atoms with van der Waals surface area (Å²) in [6.07, 6.45) is 1.65. The molecule has 0 aliphatic carbocycles. The minimum atomic E-state index is -0.0452. The Bertz CT molecular complexity index is 667. The number of nitrogens with one attached hydrogen (secondary N) is 1. The molecule has 2 amide bonds. The number of para-hydroxylation sites is 1. The fourth-order valence-corrected chi connectivity index (χ4v) is 2.87. The molecule has 1 atom stereocenters. The van der Waals surface area contributed by atoms with Crippen molar-refractivity contribution in [3.05, 3.63) is 59.7 Å². The molecule has 0 aromatic heterocycles. The number of rotatable bonds is 3. The van der Waals surface area contributed by atoms with E-state index in [9.17, 15) is 9.90 Å². The number of anilines is 1. The summed E-state index contributed by atoms with van der Waals surface area (Å²) in [6.45, 7) is 2.73. The fraction of sp³-hybridized carbons (Fsp3) is 0.278. The average Bonchev–Trinajstić information content (AvgIpc) is 2.93. The van der Waals surface area contributed by atoms with E-state index in [-0.39, 0.29) is 17.8 Å². The highest BCUT2D eigenvalue weighted by Crippen LogP contribution is 2.27. The molecule has 4 nitrogen and oxygen atoms in total. The zero-order valence-corrected chi connectivity index (χ0v) is 12.6. The number of aromatic hydroxyl groups is 1. The minimum absolute atomic E-state index is 0.0322. The van der Waals surface area contributed by atoms with Crippen LogP contribution in [-0.4, -0.2) is 23.7 Å². The first-order valence-electron chi connectivity index (χ1n) is 7.57. The number of fused-ring (bicyclic) bond motifs is 1. The lowest BCUT2D eigenvalue weighted by atomic mass is 10.1. The molecule has 0 fully saturated rings. The van der Waals surface area contributed by atoms with E-state index in [4.69, 9.17) is 0 Å². The second-order valence-electron chi connectivity index (χ2n) is 5.75. The Kier molecular flexibility index (Phi) is 4.00. The van der Waals surface area contributed by atoms with Crippen molar-refractivity contribution in [1.82, 2.24) is 5.32 Å². The Morgan fingerprint density at radius 2 is 1.95 bits per heavy atom. The second kappa shape index (κ2) is 6.10. The van der Waals surface area contributed by atoms with Crippen molar-refractivity contribution >= 4 is 11.7 Å². The quantitative estimate of drug-likeness (QED) is 0.914. The van der Waals surface area contributed by atoms with Crippen LogP contribution in [0.2, 0.25) is 0 Å². The van der Waals surface area contributed by atoms with Crippen LogP contribution in [0, 0.1) is 0 Å². The predicted octanol–water partition coefficient (Wildman–Crippen LogP) is 3.10. The molecule has 1 aliphatic heterocycles. The Labute approximate surface area is 130 Å². The molecule has 1 heterocycles. The van der Waals surface area contributed by atoms with Crippen LogP contribution in [0.3, 0.4) is 0 Å². The highest BCUT2D eigenvalue weighted by Gasteiger charge is 2.24. The molecule has 4 heteroatoms. The monoisotopic (exact) mass is 296 g/mol. The molecule has 0 spiro atoms. The summed E-state index contributed by atoms with van der Waals surface area (Å²) in [4.78, 5) is 14.2. The first-order valence-corrected chi connectivity index (χ1v) is 7.57. The van der Waals surface area contributed by atoms with Crippen LogP contribution < -0.4 is 10.2 Å². The van der Waals surface area contributed by atoms with Gasteiger partial charge >= 0.3 is 6.03 Å². The first kappa shape index (κ1) is 14.4. The van der Waals surface area contributed by atoms with Crippen molar-refractivity contribution in [2.75, 3.05) is 11.4 Å². The van der Waals surface area contributed by atoms with Gasteiger partial charge in [0.15, 0.2) is 0 Å². The van der Waals surface area contributed by atoms with Gasteiger partial charge in [-0.1, -0.05) is 30.3 Å². The van der Waals surface area contributed by atoms with Gasteiger partial charge in [-0.25, -0.2) is 4.79 Å². The molecule has 0 radical (unpaired) electrons. The molecule has 2 aromatic carbocycles. The van der Waals surface area contributed by atoms with E-state index in [0.717, 1.165) is 30.6 Å². The van der Waals surface area contributed by atoms with Gasteiger partial charge in [-0.2, -0.15) is 0 Å². The number of nitrogens with zero attached hydrogens (tertiary/aromatic N) is 1. The topological polar surface area (TPSA) is 52.6 Å². The third kappa shape index (κ3) is 3.06. The largest absolute Gasteiger partial charge is 0.508 e. The summed E-state index contributed by atoms with van der Waals surface area (Å²) in [6, 6.07) is 15.1. The van der Waals surface area contributed by atoms with E-state index >= 15 is 0 Å². The third-order valence-electron chi connectivity index (χ3n) is 3.98. The van der Waals surface area contributed by atoms with Crippen molar-refractivity contribution in [3.8, 4) is 5.75 Å². The lowest BCUT2D eigenvalue weighted by Gasteiger charge is -2.21. The van der Waals surface area contributed by atoms with Gasteiger partial charge in [0.1, 0.15) is 5.75 Å². The Balaban J connectivity index is 1.61. The van der Waals surface area contributed by atoms with Crippen LogP contribution in [0.5, 0.6) is 5.75 Å². The molecule has 114 valence electrons.